The number of carbonyl (C=O) groups excluding carboxylic acids is 1. The number of rotatable bonds is 3. The average Bonchev–Trinajstić information content (AvgIpc) is 2.72. The standard InChI is InChI=1S/C19H20O/c20-19(13-15-7-3-1-4-8-15)18-12-11-16-9-5-2-6-10-17(16)14-18/h1-3,5-6,10-12,14-15H,4,7-9,13H2. The van der Waals surface area contributed by atoms with Gasteiger partial charge in [0.05, 0.1) is 0 Å². The van der Waals surface area contributed by atoms with E-state index >= 15 is 0 Å². The number of ketones is 1. The predicted molar refractivity (Wildman–Crippen MR) is 83.7 cm³/mol. The minimum Gasteiger partial charge on any atom is -0.294 e. The monoisotopic (exact) mass is 264 g/mol. The van der Waals surface area contributed by atoms with Crippen LogP contribution in [-0.4, -0.2) is 5.78 Å². The second-order valence-corrected chi connectivity index (χ2v) is 5.68. The van der Waals surface area contributed by atoms with Crippen molar-refractivity contribution in [2.45, 2.75) is 32.1 Å². The lowest BCUT2D eigenvalue weighted by Crippen LogP contribution is -2.10. The first-order valence-electron chi connectivity index (χ1n) is 7.47. The molecule has 1 atom stereocenters. The minimum atomic E-state index is 0.290. The summed E-state index contributed by atoms with van der Waals surface area (Å²) in [6.45, 7) is 0. The molecule has 0 saturated carbocycles. The molecule has 102 valence electrons. The van der Waals surface area contributed by atoms with E-state index in [-0.39, 0.29) is 0 Å². The van der Waals surface area contributed by atoms with E-state index in [4.69, 9.17) is 0 Å². The molecule has 20 heavy (non-hydrogen) atoms. The molecule has 1 nitrogen and oxygen atoms in total. The van der Waals surface area contributed by atoms with Crippen molar-refractivity contribution in [2.24, 2.45) is 5.92 Å². The Morgan fingerprint density at radius 3 is 2.95 bits per heavy atom. The van der Waals surface area contributed by atoms with Crippen LogP contribution in [-0.2, 0) is 6.42 Å². The smallest absolute Gasteiger partial charge is 0.163 e. The highest BCUT2D eigenvalue weighted by molar-refractivity contribution is 5.97. The number of hydrogen-bond donors (Lipinski definition) is 0. The molecule has 0 bridgehead atoms. The number of fused-ring (bicyclic) bond motifs is 1. The van der Waals surface area contributed by atoms with Crippen LogP contribution in [0.25, 0.3) is 6.08 Å². The molecule has 0 saturated heterocycles. The summed E-state index contributed by atoms with van der Waals surface area (Å²) in [5.41, 5.74) is 3.35. The molecule has 0 amide bonds. The maximum Gasteiger partial charge on any atom is 0.163 e. The average molecular weight is 264 g/mol. The molecule has 0 aromatic heterocycles. The summed E-state index contributed by atoms with van der Waals surface area (Å²) in [5.74, 6) is 0.822. The first kappa shape index (κ1) is 13.1. The summed E-state index contributed by atoms with van der Waals surface area (Å²) in [6.07, 6.45) is 17.8. The molecule has 0 fully saturated rings. The van der Waals surface area contributed by atoms with Crippen LogP contribution in [0.15, 0.2) is 48.6 Å². The Kier molecular flexibility index (Phi) is 3.96. The van der Waals surface area contributed by atoms with Gasteiger partial charge in [0.15, 0.2) is 5.78 Å². The molecule has 1 aromatic carbocycles. The van der Waals surface area contributed by atoms with Gasteiger partial charge in [0.1, 0.15) is 0 Å². The molecule has 1 unspecified atom stereocenters. The lowest BCUT2D eigenvalue weighted by atomic mass is 9.88. The largest absolute Gasteiger partial charge is 0.294 e. The fraction of sp³-hybridized carbons (Fsp3) is 0.316. The van der Waals surface area contributed by atoms with Gasteiger partial charge in [-0.05, 0) is 48.8 Å². The lowest BCUT2D eigenvalue weighted by Gasteiger charge is -2.17. The van der Waals surface area contributed by atoms with Gasteiger partial charge in [-0.2, -0.15) is 0 Å². The van der Waals surface area contributed by atoms with Gasteiger partial charge in [0.2, 0.25) is 0 Å². The first-order chi connectivity index (χ1) is 9.83. The fourth-order valence-corrected chi connectivity index (χ4v) is 2.96. The summed E-state index contributed by atoms with van der Waals surface area (Å²) in [4.78, 5) is 12.4. The van der Waals surface area contributed by atoms with Crippen LogP contribution in [0.3, 0.4) is 0 Å². The van der Waals surface area contributed by atoms with E-state index < -0.39 is 0 Å². The second-order valence-electron chi connectivity index (χ2n) is 5.68. The molecule has 3 rings (SSSR count). The van der Waals surface area contributed by atoms with Gasteiger partial charge in [-0.1, -0.05) is 48.6 Å². The highest BCUT2D eigenvalue weighted by Gasteiger charge is 2.16. The van der Waals surface area contributed by atoms with E-state index in [0.29, 0.717) is 18.1 Å². The maximum atomic E-state index is 12.4. The zero-order valence-electron chi connectivity index (χ0n) is 11.7. The summed E-state index contributed by atoms with van der Waals surface area (Å²) < 4.78 is 0. The SMILES string of the molecule is O=C(CC1CC=CCC1)c1ccc2c(c1)C=CC=CC2. The van der Waals surface area contributed by atoms with Gasteiger partial charge in [0.25, 0.3) is 0 Å². The molecule has 1 aromatic rings. The Balaban J connectivity index is 1.75. The predicted octanol–water partition coefficient (Wildman–Crippen LogP) is 4.74. The highest BCUT2D eigenvalue weighted by Crippen LogP contribution is 2.25. The zero-order valence-corrected chi connectivity index (χ0v) is 11.7. The number of benzene rings is 1. The Labute approximate surface area is 120 Å². The third-order valence-electron chi connectivity index (χ3n) is 4.18. The lowest BCUT2D eigenvalue weighted by molar-refractivity contribution is 0.0958. The topological polar surface area (TPSA) is 17.1 Å². The van der Waals surface area contributed by atoms with E-state index in [1.807, 2.05) is 12.1 Å². The van der Waals surface area contributed by atoms with Crippen molar-refractivity contribution in [2.75, 3.05) is 0 Å². The summed E-state index contributed by atoms with van der Waals surface area (Å²) in [5, 5.41) is 0. The molecule has 0 aliphatic heterocycles. The van der Waals surface area contributed by atoms with E-state index in [1.165, 1.54) is 11.1 Å². The Morgan fingerprint density at radius 1 is 1.15 bits per heavy atom. The van der Waals surface area contributed by atoms with Crippen LogP contribution in [0.1, 0.15) is 47.2 Å². The van der Waals surface area contributed by atoms with E-state index in [2.05, 4.69) is 42.5 Å². The van der Waals surface area contributed by atoms with Gasteiger partial charge in [-0.25, -0.2) is 0 Å². The number of hydrogen-bond acceptors (Lipinski definition) is 1. The molecule has 1 heteroatoms. The Bertz CT molecular complexity index is 590. The van der Waals surface area contributed by atoms with E-state index in [0.717, 1.165) is 31.2 Å². The molecule has 2 aliphatic rings. The molecule has 2 aliphatic carbocycles. The third kappa shape index (κ3) is 2.98. The molecular formula is C19H20O. The van der Waals surface area contributed by atoms with Crippen molar-refractivity contribution in [1.82, 2.24) is 0 Å². The third-order valence-corrected chi connectivity index (χ3v) is 4.18. The maximum absolute atomic E-state index is 12.4. The number of carbonyl (C=O) groups is 1. The van der Waals surface area contributed by atoms with Crippen LogP contribution in [0, 0.1) is 5.92 Å². The van der Waals surface area contributed by atoms with Gasteiger partial charge >= 0.3 is 0 Å². The van der Waals surface area contributed by atoms with Crippen molar-refractivity contribution in [3.63, 3.8) is 0 Å². The molecular weight excluding hydrogens is 244 g/mol. The molecule has 0 heterocycles. The molecule has 0 spiro atoms. The van der Waals surface area contributed by atoms with Crippen LogP contribution >= 0.6 is 0 Å². The number of Topliss-reactive ketones (excluding diaryl/α,β-unsaturated/α-hetero) is 1. The van der Waals surface area contributed by atoms with Crippen molar-refractivity contribution >= 4 is 11.9 Å². The molecule has 0 radical (unpaired) electrons. The van der Waals surface area contributed by atoms with Gasteiger partial charge in [-0.15, -0.1) is 0 Å². The summed E-state index contributed by atoms with van der Waals surface area (Å²) in [6, 6.07) is 6.15. The van der Waals surface area contributed by atoms with Crippen LogP contribution in [0.5, 0.6) is 0 Å². The van der Waals surface area contributed by atoms with Crippen LogP contribution in [0.4, 0.5) is 0 Å². The Hall–Kier alpha value is -1.89. The van der Waals surface area contributed by atoms with Gasteiger partial charge in [-0.3, -0.25) is 4.79 Å². The highest BCUT2D eigenvalue weighted by atomic mass is 16.1. The van der Waals surface area contributed by atoms with Crippen molar-refractivity contribution < 1.29 is 4.79 Å². The van der Waals surface area contributed by atoms with Crippen molar-refractivity contribution in [3.8, 4) is 0 Å². The molecule has 0 N–H and O–H groups in total. The second kappa shape index (κ2) is 6.04. The van der Waals surface area contributed by atoms with Gasteiger partial charge in [0, 0.05) is 12.0 Å². The van der Waals surface area contributed by atoms with Crippen LogP contribution in [0.2, 0.25) is 0 Å². The van der Waals surface area contributed by atoms with E-state index in [1.54, 1.807) is 0 Å². The summed E-state index contributed by atoms with van der Waals surface area (Å²) in [7, 11) is 0. The van der Waals surface area contributed by atoms with Crippen molar-refractivity contribution in [1.29, 1.82) is 0 Å². The summed E-state index contributed by atoms with van der Waals surface area (Å²) >= 11 is 0. The van der Waals surface area contributed by atoms with Crippen molar-refractivity contribution in [3.05, 3.63) is 65.3 Å². The number of allylic oxidation sites excluding steroid dienone is 5. The minimum absolute atomic E-state index is 0.290. The Morgan fingerprint density at radius 2 is 2.10 bits per heavy atom. The first-order valence-corrected chi connectivity index (χ1v) is 7.47. The zero-order chi connectivity index (χ0) is 13.8. The quantitative estimate of drug-likeness (QED) is 0.569. The fourth-order valence-electron chi connectivity index (χ4n) is 2.96. The van der Waals surface area contributed by atoms with Gasteiger partial charge < -0.3 is 0 Å². The van der Waals surface area contributed by atoms with Crippen LogP contribution < -0.4 is 0 Å². The normalized spacial score (nSPS) is 20.5. The van der Waals surface area contributed by atoms with E-state index in [9.17, 15) is 4.79 Å².